The minimum atomic E-state index is -0.993. The molecule has 5 heteroatoms. The first-order chi connectivity index (χ1) is 10.5. The predicted molar refractivity (Wildman–Crippen MR) is 83.1 cm³/mol. The van der Waals surface area contributed by atoms with Gasteiger partial charge in [0, 0.05) is 18.2 Å². The Kier molecular flexibility index (Phi) is 5.55. The number of ether oxygens (including phenoxy) is 1. The van der Waals surface area contributed by atoms with Gasteiger partial charge in [-0.3, -0.25) is 4.79 Å². The van der Waals surface area contributed by atoms with Gasteiger partial charge in [0.1, 0.15) is 0 Å². The molecule has 5 nitrogen and oxygen atoms in total. The molecule has 0 spiro atoms. The van der Waals surface area contributed by atoms with Crippen LogP contribution in [0.15, 0.2) is 24.3 Å². The van der Waals surface area contributed by atoms with Crippen LogP contribution in [0.1, 0.15) is 53.8 Å². The lowest BCUT2D eigenvalue weighted by atomic mass is 9.96. The molecule has 2 rings (SSSR count). The molecule has 120 valence electrons. The summed E-state index contributed by atoms with van der Waals surface area (Å²) in [6.07, 6.45) is 2.85. The van der Waals surface area contributed by atoms with Gasteiger partial charge in [0.05, 0.1) is 11.7 Å². The second-order valence-electron chi connectivity index (χ2n) is 6.20. The summed E-state index contributed by atoms with van der Waals surface area (Å²) < 4.78 is 5.73. The van der Waals surface area contributed by atoms with Crippen LogP contribution in [0, 0.1) is 5.92 Å². The van der Waals surface area contributed by atoms with Crippen LogP contribution in [0.3, 0.4) is 0 Å². The average molecular weight is 305 g/mol. The lowest BCUT2D eigenvalue weighted by Gasteiger charge is -2.31. The number of aromatic carboxylic acids is 1. The maximum absolute atomic E-state index is 12.2. The summed E-state index contributed by atoms with van der Waals surface area (Å²) in [6.45, 7) is 4.99. The van der Waals surface area contributed by atoms with Crippen LogP contribution < -0.4 is 5.32 Å². The summed E-state index contributed by atoms with van der Waals surface area (Å²) in [5.41, 5.74) is 0.663. The van der Waals surface area contributed by atoms with Crippen molar-refractivity contribution in [2.24, 2.45) is 5.92 Å². The van der Waals surface area contributed by atoms with E-state index in [4.69, 9.17) is 9.84 Å². The summed E-state index contributed by atoms with van der Waals surface area (Å²) in [5.74, 6) is -0.580. The smallest absolute Gasteiger partial charge is 0.335 e. The van der Waals surface area contributed by atoms with E-state index in [1.165, 1.54) is 12.1 Å². The van der Waals surface area contributed by atoms with E-state index in [0.717, 1.165) is 19.3 Å². The molecule has 1 fully saturated rings. The highest BCUT2D eigenvalue weighted by Crippen LogP contribution is 2.20. The molecule has 1 saturated heterocycles. The monoisotopic (exact) mass is 305 g/mol. The molecule has 22 heavy (non-hydrogen) atoms. The van der Waals surface area contributed by atoms with Gasteiger partial charge in [0.2, 0.25) is 0 Å². The Balaban J connectivity index is 1.92. The Bertz CT molecular complexity index is 524. The number of carbonyl (C=O) groups excluding carboxylic acids is 1. The number of carboxylic acids is 1. The van der Waals surface area contributed by atoms with Gasteiger partial charge in [-0.1, -0.05) is 13.8 Å². The maximum atomic E-state index is 12.2. The van der Waals surface area contributed by atoms with Crippen LogP contribution in [0.25, 0.3) is 0 Å². The van der Waals surface area contributed by atoms with E-state index >= 15 is 0 Å². The number of hydrogen-bond acceptors (Lipinski definition) is 3. The normalized spacial score (nSPS) is 21.6. The Morgan fingerprint density at radius 2 is 1.91 bits per heavy atom. The number of amides is 1. The van der Waals surface area contributed by atoms with Gasteiger partial charge in [-0.25, -0.2) is 4.79 Å². The van der Waals surface area contributed by atoms with E-state index in [1.807, 2.05) is 0 Å². The van der Waals surface area contributed by atoms with Crippen molar-refractivity contribution in [1.29, 1.82) is 0 Å². The third-order valence-electron chi connectivity index (χ3n) is 3.83. The summed E-state index contributed by atoms with van der Waals surface area (Å²) >= 11 is 0. The van der Waals surface area contributed by atoms with Crippen molar-refractivity contribution >= 4 is 11.9 Å². The van der Waals surface area contributed by atoms with Crippen molar-refractivity contribution in [1.82, 2.24) is 5.32 Å². The summed E-state index contributed by atoms with van der Waals surface area (Å²) in [4.78, 5) is 23.0. The van der Waals surface area contributed by atoms with Crippen molar-refractivity contribution in [2.75, 3.05) is 6.61 Å². The van der Waals surface area contributed by atoms with Gasteiger partial charge in [0.25, 0.3) is 5.91 Å². The summed E-state index contributed by atoms with van der Waals surface area (Å²) in [6, 6.07) is 6.10. The first-order valence-electron chi connectivity index (χ1n) is 7.71. The highest BCUT2D eigenvalue weighted by molar-refractivity contribution is 5.96. The fourth-order valence-corrected chi connectivity index (χ4v) is 2.73. The molecule has 2 N–H and O–H groups in total. The SMILES string of the molecule is CC(C)CC1CC(NC(=O)c2ccc(C(=O)O)cc2)CCO1. The number of carboxylic acid groups (broad SMARTS) is 1. The van der Waals surface area contributed by atoms with E-state index in [0.29, 0.717) is 18.1 Å². The standard InChI is InChI=1S/C17H23NO4/c1-11(2)9-15-10-14(7-8-22-15)18-16(19)12-3-5-13(6-4-12)17(20)21/h3-6,11,14-15H,7-10H2,1-2H3,(H,18,19)(H,20,21). The first-order valence-corrected chi connectivity index (χ1v) is 7.71. The van der Waals surface area contributed by atoms with Crippen molar-refractivity contribution in [3.05, 3.63) is 35.4 Å². The molecule has 2 unspecified atom stereocenters. The van der Waals surface area contributed by atoms with Crippen LogP contribution in [0.5, 0.6) is 0 Å². The first kappa shape index (κ1) is 16.5. The fraction of sp³-hybridized carbons (Fsp3) is 0.529. The molecule has 1 heterocycles. The van der Waals surface area contributed by atoms with Gasteiger partial charge in [-0.05, 0) is 49.4 Å². The van der Waals surface area contributed by atoms with Gasteiger partial charge in [0.15, 0.2) is 0 Å². The van der Waals surface area contributed by atoms with Crippen LogP contribution in [-0.4, -0.2) is 35.7 Å². The van der Waals surface area contributed by atoms with Crippen LogP contribution in [0.4, 0.5) is 0 Å². The average Bonchev–Trinajstić information content (AvgIpc) is 2.47. The molecule has 0 aromatic heterocycles. The predicted octanol–water partition coefficient (Wildman–Crippen LogP) is 2.71. The molecule has 1 aromatic carbocycles. The van der Waals surface area contributed by atoms with E-state index in [1.54, 1.807) is 12.1 Å². The third kappa shape index (κ3) is 4.56. The van der Waals surface area contributed by atoms with E-state index in [9.17, 15) is 9.59 Å². The van der Waals surface area contributed by atoms with Gasteiger partial charge in [-0.2, -0.15) is 0 Å². The fourth-order valence-electron chi connectivity index (χ4n) is 2.73. The molecule has 1 amide bonds. The minimum Gasteiger partial charge on any atom is -0.478 e. The van der Waals surface area contributed by atoms with Crippen molar-refractivity contribution in [2.45, 2.75) is 45.3 Å². The van der Waals surface area contributed by atoms with Crippen LogP contribution >= 0.6 is 0 Å². The highest BCUT2D eigenvalue weighted by atomic mass is 16.5. The van der Waals surface area contributed by atoms with Gasteiger partial charge < -0.3 is 15.2 Å². The molecule has 0 radical (unpaired) electrons. The number of nitrogens with one attached hydrogen (secondary N) is 1. The maximum Gasteiger partial charge on any atom is 0.335 e. The second kappa shape index (κ2) is 7.40. The lowest BCUT2D eigenvalue weighted by Crippen LogP contribution is -2.42. The Morgan fingerprint density at radius 1 is 1.27 bits per heavy atom. The largest absolute Gasteiger partial charge is 0.478 e. The van der Waals surface area contributed by atoms with Crippen molar-refractivity contribution in [3.8, 4) is 0 Å². The molecular weight excluding hydrogens is 282 g/mol. The number of hydrogen-bond donors (Lipinski definition) is 2. The quantitative estimate of drug-likeness (QED) is 0.877. The molecule has 1 aliphatic rings. The molecule has 1 aromatic rings. The van der Waals surface area contributed by atoms with E-state index < -0.39 is 5.97 Å². The Labute approximate surface area is 130 Å². The number of benzene rings is 1. The zero-order valence-electron chi connectivity index (χ0n) is 13.0. The number of carbonyl (C=O) groups is 2. The van der Waals surface area contributed by atoms with Gasteiger partial charge >= 0.3 is 5.97 Å². The molecule has 1 aliphatic heterocycles. The molecule has 2 atom stereocenters. The molecular formula is C17H23NO4. The molecule has 0 bridgehead atoms. The Hall–Kier alpha value is -1.88. The zero-order valence-corrected chi connectivity index (χ0v) is 13.0. The zero-order chi connectivity index (χ0) is 16.1. The second-order valence-corrected chi connectivity index (χ2v) is 6.20. The third-order valence-corrected chi connectivity index (χ3v) is 3.83. The number of rotatable bonds is 5. The van der Waals surface area contributed by atoms with Gasteiger partial charge in [-0.15, -0.1) is 0 Å². The highest BCUT2D eigenvalue weighted by Gasteiger charge is 2.24. The van der Waals surface area contributed by atoms with Crippen molar-refractivity contribution < 1.29 is 19.4 Å². The van der Waals surface area contributed by atoms with E-state index in [-0.39, 0.29) is 23.6 Å². The van der Waals surface area contributed by atoms with Crippen LogP contribution in [-0.2, 0) is 4.74 Å². The van der Waals surface area contributed by atoms with Crippen molar-refractivity contribution in [3.63, 3.8) is 0 Å². The lowest BCUT2D eigenvalue weighted by molar-refractivity contribution is -0.00847. The summed E-state index contributed by atoms with van der Waals surface area (Å²) in [7, 11) is 0. The topological polar surface area (TPSA) is 75.6 Å². The minimum absolute atomic E-state index is 0.115. The molecule has 0 saturated carbocycles. The summed E-state index contributed by atoms with van der Waals surface area (Å²) in [5, 5.41) is 11.9. The Morgan fingerprint density at radius 3 is 2.50 bits per heavy atom. The van der Waals surface area contributed by atoms with E-state index in [2.05, 4.69) is 19.2 Å². The van der Waals surface area contributed by atoms with Crippen LogP contribution in [0.2, 0.25) is 0 Å². The molecule has 0 aliphatic carbocycles.